The number of hydrogen-bond acceptors (Lipinski definition) is 7. The number of rotatable bonds is 9. The van der Waals surface area contributed by atoms with E-state index in [0.717, 1.165) is 23.9 Å². The van der Waals surface area contributed by atoms with Crippen molar-refractivity contribution in [3.63, 3.8) is 0 Å². The third kappa shape index (κ3) is 4.86. The van der Waals surface area contributed by atoms with E-state index in [0.29, 0.717) is 22.0 Å². The fraction of sp³-hybridized carbons (Fsp3) is 0.300. The number of nitrogens with one attached hydrogen (secondary N) is 1. The van der Waals surface area contributed by atoms with Crippen LogP contribution in [0.3, 0.4) is 0 Å². The second-order valence-corrected chi connectivity index (χ2v) is 8.04. The Balaban J connectivity index is 1.87. The van der Waals surface area contributed by atoms with Gasteiger partial charge in [0, 0.05) is 25.3 Å². The van der Waals surface area contributed by atoms with E-state index in [1.165, 1.54) is 23.1 Å². The predicted octanol–water partition coefficient (Wildman–Crippen LogP) is 3.62. The van der Waals surface area contributed by atoms with E-state index >= 15 is 0 Å². The molecule has 1 aromatic carbocycles. The number of benzene rings is 1. The Kier molecular flexibility index (Phi) is 7.05. The highest BCUT2D eigenvalue weighted by atomic mass is 32.2. The molecule has 0 aliphatic carbocycles. The minimum atomic E-state index is -0.164. The van der Waals surface area contributed by atoms with E-state index in [1.54, 1.807) is 10.6 Å². The lowest BCUT2D eigenvalue weighted by atomic mass is 10.3. The maximum Gasteiger partial charge on any atom is 0.274 e. The lowest BCUT2D eigenvalue weighted by Crippen LogP contribution is -2.23. The van der Waals surface area contributed by atoms with E-state index < -0.39 is 0 Å². The molecule has 1 N–H and O–H groups in total. The number of nitrogens with zero attached hydrogens (tertiary/aromatic N) is 4. The number of anilines is 2. The highest BCUT2D eigenvalue weighted by Gasteiger charge is 2.18. The maximum absolute atomic E-state index is 13.0. The number of carbonyl (C=O) groups is 1. The Morgan fingerprint density at radius 1 is 1.28 bits per heavy atom. The van der Waals surface area contributed by atoms with Gasteiger partial charge < -0.3 is 10.2 Å². The van der Waals surface area contributed by atoms with Gasteiger partial charge in [-0.15, -0.1) is 6.58 Å². The van der Waals surface area contributed by atoms with Crippen LogP contribution in [0.15, 0.2) is 52.9 Å². The van der Waals surface area contributed by atoms with Crippen molar-refractivity contribution in [1.82, 2.24) is 14.5 Å². The Hall–Kier alpha value is -2.65. The summed E-state index contributed by atoms with van der Waals surface area (Å²) in [5.74, 6) is -0.0281. The molecule has 29 heavy (non-hydrogen) atoms. The zero-order chi connectivity index (χ0) is 20.8. The summed E-state index contributed by atoms with van der Waals surface area (Å²) < 4.78 is 2.06. The van der Waals surface area contributed by atoms with Gasteiger partial charge in [-0.1, -0.05) is 47.4 Å². The Labute approximate surface area is 177 Å². The molecule has 152 valence electrons. The fourth-order valence-corrected chi connectivity index (χ4v) is 4.63. The van der Waals surface area contributed by atoms with Gasteiger partial charge in [0.05, 0.1) is 5.75 Å². The molecule has 0 saturated carbocycles. The quantitative estimate of drug-likeness (QED) is 0.318. The molecule has 1 amide bonds. The summed E-state index contributed by atoms with van der Waals surface area (Å²) in [6.07, 6.45) is 1.65. The van der Waals surface area contributed by atoms with Crippen LogP contribution in [0.25, 0.3) is 10.3 Å². The zero-order valence-electron chi connectivity index (χ0n) is 16.4. The van der Waals surface area contributed by atoms with Crippen LogP contribution in [0.1, 0.15) is 13.8 Å². The van der Waals surface area contributed by atoms with Gasteiger partial charge in [-0.2, -0.15) is 4.98 Å². The van der Waals surface area contributed by atoms with Gasteiger partial charge in [-0.3, -0.25) is 14.2 Å². The van der Waals surface area contributed by atoms with Crippen molar-refractivity contribution < 1.29 is 4.79 Å². The van der Waals surface area contributed by atoms with Crippen molar-refractivity contribution in [3.8, 4) is 0 Å². The smallest absolute Gasteiger partial charge is 0.274 e. The van der Waals surface area contributed by atoms with Gasteiger partial charge in [0.15, 0.2) is 15.9 Å². The summed E-state index contributed by atoms with van der Waals surface area (Å²) in [4.78, 5) is 36.5. The average Bonchev–Trinajstić information content (AvgIpc) is 3.15. The highest BCUT2D eigenvalue weighted by Crippen LogP contribution is 2.27. The minimum Gasteiger partial charge on any atom is -0.349 e. The molecule has 9 heteroatoms. The zero-order valence-corrected chi connectivity index (χ0v) is 18.1. The molecular weight excluding hydrogens is 406 g/mol. The number of thioether (sulfide) groups is 1. The first-order chi connectivity index (χ1) is 14.1. The molecule has 0 fully saturated rings. The topological polar surface area (TPSA) is 80.1 Å². The summed E-state index contributed by atoms with van der Waals surface area (Å²) in [5, 5.41) is 4.08. The number of aromatic nitrogens is 3. The van der Waals surface area contributed by atoms with Crippen LogP contribution < -0.4 is 15.8 Å². The summed E-state index contributed by atoms with van der Waals surface area (Å²) >= 11 is 2.57. The molecule has 2 heterocycles. The monoisotopic (exact) mass is 429 g/mol. The third-order valence-electron chi connectivity index (χ3n) is 4.21. The van der Waals surface area contributed by atoms with Crippen LogP contribution in [-0.2, 0) is 11.3 Å². The molecule has 0 aliphatic heterocycles. The van der Waals surface area contributed by atoms with Crippen LogP contribution in [-0.4, -0.2) is 39.3 Å². The predicted molar refractivity (Wildman–Crippen MR) is 121 cm³/mol. The second kappa shape index (κ2) is 9.71. The number of hydrogen-bond donors (Lipinski definition) is 1. The van der Waals surface area contributed by atoms with Crippen LogP contribution in [0.4, 0.5) is 10.8 Å². The van der Waals surface area contributed by atoms with Crippen LogP contribution >= 0.6 is 23.1 Å². The van der Waals surface area contributed by atoms with Crippen LogP contribution in [0.2, 0.25) is 0 Å². The van der Waals surface area contributed by atoms with E-state index in [-0.39, 0.29) is 17.2 Å². The summed E-state index contributed by atoms with van der Waals surface area (Å²) in [6, 6.07) is 9.25. The summed E-state index contributed by atoms with van der Waals surface area (Å²) in [5.41, 5.74) is 0.998. The van der Waals surface area contributed by atoms with Gasteiger partial charge in [-0.05, 0) is 26.0 Å². The van der Waals surface area contributed by atoms with Crippen molar-refractivity contribution in [3.05, 3.63) is 53.3 Å². The number of para-hydroxylation sites is 1. The van der Waals surface area contributed by atoms with Crippen LogP contribution in [0.5, 0.6) is 0 Å². The molecule has 0 atom stereocenters. The lowest BCUT2D eigenvalue weighted by molar-refractivity contribution is -0.113. The summed E-state index contributed by atoms with van der Waals surface area (Å²) in [6.45, 7) is 9.76. The normalized spacial score (nSPS) is 10.8. The van der Waals surface area contributed by atoms with Gasteiger partial charge in [0.25, 0.3) is 5.56 Å². The van der Waals surface area contributed by atoms with Crippen molar-refractivity contribution in [2.45, 2.75) is 25.5 Å². The molecule has 0 saturated heterocycles. The number of thiazole rings is 1. The van der Waals surface area contributed by atoms with E-state index in [1.807, 2.05) is 44.2 Å². The molecule has 2 aromatic heterocycles. The van der Waals surface area contributed by atoms with Gasteiger partial charge >= 0.3 is 0 Å². The van der Waals surface area contributed by atoms with Gasteiger partial charge in [0.1, 0.15) is 4.70 Å². The number of allylic oxidation sites excluding steroid dienone is 1. The first-order valence-corrected chi connectivity index (χ1v) is 11.1. The Morgan fingerprint density at radius 3 is 2.66 bits per heavy atom. The standard InChI is InChI=1S/C20H23N5O2S2/c1-4-12-25-18(27)16-17(22-19(29-16)24(5-2)6-3)23-20(25)28-13-15(26)21-14-10-8-7-9-11-14/h4,7-11H,1,5-6,12-13H2,2-3H3,(H,21,26). The molecule has 0 radical (unpaired) electrons. The van der Waals surface area contributed by atoms with E-state index in [2.05, 4.69) is 26.8 Å². The summed E-state index contributed by atoms with van der Waals surface area (Å²) in [7, 11) is 0. The van der Waals surface area contributed by atoms with Crippen molar-refractivity contribution in [2.75, 3.05) is 29.1 Å². The highest BCUT2D eigenvalue weighted by molar-refractivity contribution is 7.99. The van der Waals surface area contributed by atoms with Crippen molar-refractivity contribution in [1.29, 1.82) is 0 Å². The molecule has 0 bridgehead atoms. The lowest BCUT2D eigenvalue weighted by Gasteiger charge is -2.15. The first kappa shape index (κ1) is 21.1. The molecular formula is C20H23N5O2S2. The molecule has 3 rings (SSSR count). The van der Waals surface area contributed by atoms with Gasteiger partial charge in [-0.25, -0.2) is 4.98 Å². The molecule has 7 nitrogen and oxygen atoms in total. The fourth-order valence-electron chi connectivity index (χ4n) is 2.75. The van der Waals surface area contributed by atoms with Crippen molar-refractivity contribution in [2.24, 2.45) is 0 Å². The largest absolute Gasteiger partial charge is 0.349 e. The SMILES string of the molecule is C=CCn1c(SCC(=O)Nc2ccccc2)nc2nc(N(CC)CC)sc2c1=O. The van der Waals surface area contributed by atoms with Crippen LogP contribution in [0, 0.1) is 0 Å². The second-order valence-electron chi connectivity index (χ2n) is 6.12. The van der Waals surface area contributed by atoms with Gasteiger partial charge in [0.2, 0.25) is 5.91 Å². The molecule has 3 aromatic rings. The Bertz CT molecular complexity index is 1060. The van der Waals surface area contributed by atoms with E-state index in [9.17, 15) is 9.59 Å². The van der Waals surface area contributed by atoms with E-state index in [4.69, 9.17) is 0 Å². The minimum absolute atomic E-state index is 0.136. The Morgan fingerprint density at radius 2 is 2.00 bits per heavy atom. The number of fused-ring (bicyclic) bond motifs is 1. The third-order valence-corrected chi connectivity index (χ3v) is 6.28. The maximum atomic E-state index is 13.0. The number of amides is 1. The molecule has 0 aliphatic rings. The first-order valence-electron chi connectivity index (χ1n) is 9.32. The molecule has 0 unspecified atom stereocenters. The molecule has 0 spiro atoms. The number of carbonyl (C=O) groups excluding carboxylic acids is 1. The van der Waals surface area contributed by atoms with Crippen molar-refractivity contribution >= 4 is 50.2 Å². The average molecular weight is 430 g/mol.